The summed E-state index contributed by atoms with van der Waals surface area (Å²) in [6.45, 7) is 0.515. The molecular weight excluding hydrogens is 474 g/mol. The number of aryl methyl sites for hydroxylation is 2. The Labute approximate surface area is 208 Å². The molecular formula is C29H19NO7. The number of hydrogen-bond acceptors (Lipinski definition) is 7. The minimum Gasteiger partial charge on any atom is -0.504 e. The summed E-state index contributed by atoms with van der Waals surface area (Å²) in [7, 11) is 0. The topological polar surface area (TPSA) is 119 Å². The lowest BCUT2D eigenvalue weighted by atomic mass is 9.84. The molecule has 1 atom stereocenters. The largest absolute Gasteiger partial charge is 0.504 e. The summed E-state index contributed by atoms with van der Waals surface area (Å²) in [5.74, 6) is -3.11. The van der Waals surface area contributed by atoms with Crippen LogP contribution in [0, 0.1) is 0 Å². The van der Waals surface area contributed by atoms with Gasteiger partial charge in [-0.15, -0.1) is 0 Å². The first kappa shape index (κ1) is 21.4. The number of para-hydroxylation sites is 1. The van der Waals surface area contributed by atoms with Crippen molar-refractivity contribution in [2.24, 2.45) is 0 Å². The van der Waals surface area contributed by atoms with Crippen LogP contribution in [-0.2, 0) is 17.8 Å². The maximum absolute atomic E-state index is 13.7. The molecule has 1 unspecified atom stereocenters. The van der Waals surface area contributed by atoms with Crippen LogP contribution in [0.25, 0.3) is 33.2 Å². The number of aromatic nitrogens is 1. The van der Waals surface area contributed by atoms with Crippen molar-refractivity contribution in [2.75, 3.05) is 0 Å². The maximum atomic E-state index is 13.7. The summed E-state index contributed by atoms with van der Waals surface area (Å²) in [6.07, 6.45) is 0.526. The lowest BCUT2D eigenvalue weighted by Gasteiger charge is -2.27. The molecule has 182 valence electrons. The van der Waals surface area contributed by atoms with Crippen LogP contribution < -0.4 is 15.7 Å². The number of carbonyl (C=O) groups excluding carboxylic acids is 1. The highest BCUT2D eigenvalue weighted by Crippen LogP contribution is 2.52. The van der Waals surface area contributed by atoms with Crippen LogP contribution in [0.1, 0.15) is 29.0 Å². The second-order valence-corrected chi connectivity index (χ2v) is 9.38. The molecule has 2 N–H and O–H groups in total. The van der Waals surface area contributed by atoms with E-state index >= 15 is 0 Å². The lowest BCUT2D eigenvalue weighted by Crippen LogP contribution is -2.29. The van der Waals surface area contributed by atoms with Crippen molar-refractivity contribution in [3.8, 4) is 28.6 Å². The molecule has 8 heteroatoms. The quantitative estimate of drug-likeness (QED) is 0.215. The van der Waals surface area contributed by atoms with E-state index in [0.29, 0.717) is 17.7 Å². The Morgan fingerprint density at radius 2 is 1.73 bits per heavy atom. The first-order valence-electron chi connectivity index (χ1n) is 11.9. The number of pyridine rings is 1. The number of nitrogens with zero attached hydrogens (tertiary/aromatic N) is 1. The lowest BCUT2D eigenvalue weighted by molar-refractivity contribution is -0.135. The van der Waals surface area contributed by atoms with Crippen LogP contribution in [0.2, 0.25) is 0 Å². The Kier molecular flexibility index (Phi) is 4.39. The van der Waals surface area contributed by atoms with Crippen molar-refractivity contribution in [3.63, 3.8) is 0 Å². The van der Waals surface area contributed by atoms with Crippen LogP contribution in [0.3, 0.4) is 0 Å². The second-order valence-electron chi connectivity index (χ2n) is 9.38. The summed E-state index contributed by atoms with van der Waals surface area (Å²) < 4.78 is 13.2. The molecule has 0 radical (unpaired) electrons. The molecule has 0 fully saturated rings. The van der Waals surface area contributed by atoms with Gasteiger partial charge in [0.25, 0.3) is 5.56 Å². The first-order chi connectivity index (χ1) is 17.9. The third kappa shape index (κ3) is 2.99. The van der Waals surface area contributed by atoms with Crippen molar-refractivity contribution < 1.29 is 24.2 Å². The summed E-state index contributed by atoms with van der Waals surface area (Å²) in [6, 6.07) is 17.8. The van der Waals surface area contributed by atoms with Gasteiger partial charge in [-0.1, -0.05) is 48.5 Å². The van der Waals surface area contributed by atoms with Gasteiger partial charge in [-0.25, -0.2) is 0 Å². The van der Waals surface area contributed by atoms with Crippen molar-refractivity contribution in [3.05, 3.63) is 97.9 Å². The van der Waals surface area contributed by atoms with Crippen molar-refractivity contribution in [1.82, 2.24) is 4.57 Å². The Hall–Kier alpha value is -4.85. The smallest absolute Gasteiger partial charge is 0.312 e. The average molecular weight is 493 g/mol. The van der Waals surface area contributed by atoms with E-state index < -0.39 is 28.8 Å². The monoisotopic (exact) mass is 493 g/mol. The zero-order chi connectivity index (χ0) is 25.4. The molecule has 0 bridgehead atoms. The predicted molar refractivity (Wildman–Crippen MR) is 135 cm³/mol. The standard InChI is InChI=1S/C29H19NO7/c31-19-13-20(14-5-2-1-3-6-14)36-27-22-17(12-21(32)37-28(22)26(34)25(33)23(19)27)18-11-16-8-4-7-15-9-10-30(24(15)16)29(18)35/h1-8,11,13,17,33-34H,9-10,12H2. The number of phenols is 2. The summed E-state index contributed by atoms with van der Waals surface area (Å²) in [5.41, 5.74) is 2.20. The summed E-state index contributed by atoms with van der Waals surface area (Å²) in [4.78, 5) is 39.6. The molecule has 8 nitrogen and oxygen atoms in total. The Morgan fingerprint density at radius 1 is 0.919 bits per heavy atom. The molecule has 0 amide bonds. The Bertz CT molecular complexity index is 1920. The van der Waals surface area contributed by atoms with E-state index in [0.717, 1.165) is 22.9 Å². The molecule has 0 aliphatic carbocycles. The van der Waals surface area contributed by atoms with Gasteiger partial charge in [0.15, 0.2) is 16.9 Å². The molecule has 4 heterocycles. The van der Waals surface area contributed by atoms with E-state index in [1.807, 2.05) is 24.3 Å². The van der Waals surface area contributed by atoms with Gasteiger partial charge in [0.2, 0.25) is 5.75 Å². The van der Waals surface area contributed by atoms with Crippen LogP contribution in [0.15, 0.2) is 74.7 Å². The van der Waals surface area contributed by atoms with Gasteiger partial charge in [-0.3, -0.25) is 14.4 Å². The van der Waals surface area contributed by atoms with Gasteiger partial charge >= 0.3 is 5.97 Å². The number of rotatable bonds is 2. The third-order valence-corrected chi connectivity index (χ3v) is 7.31. The van der Waals surface area contributed by atoms with Gasteiger partial charge in [0, 0.05) is 29.7 Å². The minimum absolute atomic E-state index is 0.0381. The Morgan fingerprint density at radius 3 is 2.54 bits per heavy atom. The van der Waals surface area contributed by atoms with Gasteiger partial charge in [-0.2, -0.15) is 0 Å². The number of ether oxygens (including phenoxy) is 1. The number of fused-ring (bicyclic) bond motifs is 3. The molecule has 7 rings (SSSR count). The molecule has 0 saturated carbocycles. The van der Waals surface area contributed by atoms with Crippen molar-refractivity contribution in [2.45, 2.75) is 25.3 Å². The molecule has 37 heavy (non-hydrogen) atoms. The maximum Gasteiger partial charge on any atom is 0.312 e. The molecule has 3 aromatic carbocycles. The van der Waals surface area contributed by atoms with E-state index in [2.05, 4.69) is 0 Å². The molecule has 2 aliphatic heterocycles. The van der Waals surface area contributed by atoms with Crippen LogP contribution in [0.5, 0.6) is 17.2 Å². The molecule has 2 aliphatic rings. The Balaban J connectivity index is 1.58. The number of benzene rings is 3. The zero-order valence-electron chi connectivity index (χ0n) is 19.4. The van der Waals surface area contributed by atoms with Gasteiger partial charge < -0.3 is 23.9 Å². The van der Waals surface area contributed by atoms with Gasteiger partial charge in [0.1, 0.15) is 16.7 Å². The highest BCUT2D eigenvalue weighted by atomic mass is 16.5. The number of phenolic OH excluding ortho intramolecular Hbond substituents is 2. The summed E-state index contributed by atoms with van der Waals surface area (Å²) >= 11 is 0. The van der Waals surface area contributed by atoms with Crippen molar-refractivity contribution in [1.29, 1.82) is 0 Å². The zero-order valence-corrected chi connectivity index (χ0v) is 19.4. The van der Waals surface area contributed by atoms with E-state index in [1.54, 1.807) is 34.9 Å². The molecule has 2 aromatic heterocycles. The van der Waals surface area contributed by atoms with Crippen molar-refractivity contribution >= 4 is 27.8 Å². The first-order valence-corrected chi connectivity index (χ1v) is 11.9. The second kappa shape index (κ2) is 7.57. The highest BCUT2D eigenvalue weighted by Gasteiger charge is 2.38. The van der Waals surface area contributed by atoms with E-state index in [1.165, 1.54) is 6.07 Å². The molecule has 0 spiro atoms. The molecule has 0 saturated heterocycles. The van der Waals surface area contributed by atoms with Crippen LogP contribution in [0.4, 0.5) is 0 Å². The minimum atomic E-state index is -0.871. The predicted octanol–water partition coefficient (Wildman–Crippen LogP) is 4.18. The third-order valence-electron chi connectivity index (χ3n) is 7.31. The van der Waals surface area contributed by atoms with E-state index in [-0.39, 0.29) is 40.0 Å². The number of esters is 1. The highest BCUT2D eigenvalue weighted by molar-refractivity contribution is 5.96. The number of carbonyl (C=O) groups is 1. The SMILES string of the molecule is O=C1CC(c2cc3cccc4c3n(c2=O)CC4)c2c(c(O)c(O)c3c(=O)cc(-c4ccccc4)oc23)O1. The number of aromatic hydroxyl groups is 2. The number of hydrogen-bond donors (Lipinski definition) is 2. The molecule has 5 aromatic rings. The van der Waals surface area contributed by atoms with Crippen LogP contribution >= 0.6 is 0 Å². The fourth-order valence-corrected chi connectivity index (χ4v) is 5.66. The summed E-state index contributed by atoms with van der Waals surface area (Å²) in [5, 5.41) is 22.1. The van der Waals surface area contributed by atoms with Crippen LogP contribution in [-0.4, -0.2) is 20.7 Å². The fraction of sp³-hybridized carbons (Fsp3) is 0.138. The average Bonchev–Trinajstić information content (AvgIpc) is 3.35. The van der Waals surface area contributed by atoms with E-state index in [9.17, 15) is 24.6 Å². The van der Waals surface area contributed by atoms with E-state index in [4.69, 9.17) is 9.15 Å². The van der Waals surface area contributed by atoms with Gasteiger partial charge in [-0.05, 0) is 23.4 Å². The normalized spacial score (nSPS) is 16.2. The fourth-order valence-electron chi connectivity index (χ4n) is 5.66. The van der Waals surface area contributed by atoms with Gasteiger partial charge in [0.05, 0.1) is 17.5 Å².